The molecule has 2 aromatic carbocycles. The molecule has 0 saturated heterocycles. The lowest BCUT2D eigenvalue weighted by molar-refractivity contribution is 0.0731. The molecule has 0 amide bonds. The highest BCUT2D eigenvalue weighted by atomic mass is 79.9. The van der Waals surface area contributed by atoms with Gasteiger partial charge in [0, 0.05) is 17.1 Å². The third-order valence-corrected chi connectivity index (χ3v) is 4.78. The zero-order valence-corrected chi connectivity index (χ0v) is 18.4. The fourth-order valence-electron chi connectivity index (χ4n) is 2.32. The molecule has 0 spiro atoms. The van der Waals surface area contributed by atoms with Crippen molar-refractivity contribution in [3.63, 3.8) is 0 Å². The van der Waals surface area contributed by atoms with E-state index < -0.39 is 5.97 Å². The minimum Gasteiger partial charge on any atom is -0.490 e. The van der Waals surface area contributed by atoms with E-state index in [2.05, 4.69) is 52.6 Å². The first-order chi connectivity index (χ1) is 12.2. The van der Waals surface area contributed by atoms with Crippen molar-refractivity contribution < 1.29 is 19.0 Å². The normalized spacial score (nSPS) is 11.3. The number of ether oxygens (including phenoxy) is 3. The predicted octanol–water partition coefficient (Wildman–Crippen LogP) is 5.75. The summed E-state index contributed by atoms with van der Waals surface area (Å²) in [6, 6.07) is 10.8. The lowest BCUT2D eigenvalue weighted by Crippen LogP contribution is -2.16. The molecule has 0 aliphatic carbocycles. The largest absolute Gasteiger partial charge is 0.490 e. The lowest BCUT2D eigenvalue weighted by atomic mass is 9.86. The molecular formula is C20H22Br2O4. The van der Waals surface area contributed by atoms with Crippen molar-refractivity contribution in [2.75, 3.05) is 20.3 Å². The van der Waals surface area contributed by atoms with Crippen LogP contribution in [-0.2, 0) is 10.2 Å². The van der Waals surface area contributed by atoms with Crippen molar-refractivity contribution >= 4 is 37.8 Å². The van der Waals surface area contributed by atoms with E-state index in [9.17, 15) is 4.79 Å². The summed E-state index contributed by atoms with van der Waals surface area (Å²) in [5.41, 5.74) is 1.25. The van der Waals surface area contributed by atoms with E-state index >= 15 is 0 Å². The molecule has 0 aliphatic rings. The van der Waals surface area contributed by atoms with E-state index in [4.69, 9.17) is 14.2 Å². The third-order valence-electron chi connectivity index (χ3n) is 3.66. The highest BCUT2D eigenvalue weighted by Gasteiger charge is 2.22. The average Bonchev–Trinajstić information content (AvgIpc) is 2.57. The maximum Gasteiger partial charge on any atom is 0.343 e. The van der Waals surface area contributed by atoms with Gasteiger partial charge in [-0.3, -0.25) is 0 Å². The van der Waals surface area contributed by atoms with Gasteiger partial charge in [0.1, 0.15) is 18.1 Å². The molecule has 140 valence electrons. The summed E-state index contributed by atoms with van der Waals surface area (Å²) in [6.07, 6.45) is 0. The summed E-state index contributed by atoms with van der Waals surface area (Å²) in [7, 11) is 1.62. The molecule has 0 fully saturated rings. The van der Waals surface area contributed by atoms with E-state index in [1.165, 1.54) is 0 Å². The summed E-state index contributed by atoms with van der Waals surface area (Å²) in [5, 5.41) is 0. The van der Waals surface area contributed by atoms with Gasteiger partial charge in [-0.15, -0.1) is 0 Å². The van der Waals surface area contributed by atoms with Crippen molar-refractivity contribution in [1.82, 2.24) is 0 Å². The summed E-state index contributed by atoms with van der Waals surface area (Å²) < 4.78 is 17.8. The van der Waals surface area contributed by atoms with Crippen LogP contribution >= 0.6 is 31.9 Å². The minimum absolute atomic E-state index is 0.154. The summed E-state index contributed by atoms with van der Waals surface area (Å²) >= 11 is 6.90. The first-order valence-electron chi connectivity index (χ1n) is 8.16. The number of carbonyl (C=O) groups excluding carboxylic acids is 1. The van der Waals surface area contributed by atoms with Crippen LogP contribution in [0, 0.1) is 0 Å². The van der Waals surface area contributed by atoms with Crippen molar-refractivity contribution in [2.24, 2.45) is 0 Å². The van der Waals surface area contributed by atoms with E-state index in [-0.39, 0.29) is 5.41 Å². The van der Waals surface area contributed by atoms with Gasteiger partial charge in [0.25, 0.3) is 0 Å². The van der Waals surface area contributed by atoms with Crippen molar-refractivity contribution in [3.8, 4) is 11.5 Å². The molecule has 0 aromatic heterocycles. The first kappa shape index (κ1) is 20.9. The van der Waals surface area contributed by atoms with Gasteiger partial charge in [-0.25, -0.2) is 4.79 Å². The van der Waals surface area contributed by atoms with Crippen LogP contribution in [-0.4, -0.2) is 26.3 Å². The van der Waals surface area contributed by atoms with Gasteiger partial charge in [0.2, 0.25) is 0 Å². The molecule has 0 aliphatic heterocycles. The van der Waals surface area contributed by atoms with Crippen LogP contribution in [0.3, 0.4) is 0 Å². The Balaban J connectivity index is 2.19. The molecule has 0 radical (unpaired) electrons. The average molecular weight is 486 g/mol. The van der Waals surface area contributed by atoms with Crippen LogP contribution < -0.4 is 9.47 Å². The van der Waals surface area contributed by atoms with E-state index in [0.717, 1.165) is 10.0 Å². The Morgan fingerprint density at radius 3 is 2.31 bits per heavy atom. The van der Waals surface area contributed by atoms with Crippen molar-refractivity contribution in [1.29, 1.82) is 0 Å². The Labute approximate surface area is 171 Å². The molecule has 6 heteroatoms. The van der Waals surface area contributed by atoms with Crippen LogP contribution in [0.15, 0.2) is 45.3 Å². The van der Waals surface area contributed by atoms with Crippen LogP contribution in [0.25, 0.3) is 0 Å². The molecule has 0 N–H and O–H groups in total. The van der Waals surface area contributed by atoms with Gasteiger partial charge in [-0.05, 0) is 57.7 Å². The second kappa shape index (κ2) is 9.02. The Morgan fingerprint density at radius 1 is 1.00 bits per heavy atom. The first-order valence-corrected chi connectivity index (χ1v) is 9.74. The van der Waals surface area contributed by atoms with Gasteiger partial charge >= 0.3 is 5.97 Å². The van der Waals surface area contributed by atoms with Crippen LogP contribution in [0.5, 0.6) is 11.5 Å². The van der Waals surface area contributed by atoms with Crippen molar-refractivity contribution in [2.45, 2.75) is 26.2 Å². The highest BCUT2D eigenvalue weighted by molar-refractivity contribution is 9.10. The topological polar surface area (TPSA) is 44.8 Å². The Morgan fingerprint density at radius 2 is 1.69 bits per heavy atom. The number of halogens is 2. The molecule has 2 aromatic rings. The van der Waals surface area contributed by atoms with Gasteiger partial charge in [-0.1, -0.05) is 36.7 Å². The van der Waals surface area contributed by atoms with Gasteiger partial charge < -0.3 is 14.2 Å². The molecule has 0 saturated carbocycles. The Hall–Kier alpha value is -1.37. The van der Waals surface area contributed by atoms with Gasteiger partial charge in [0.15, 0.2) is 0 Å². The number of carbonyl (C=O) groups is 1. The fraction of sp³-hybridized carbons (Fsp3) is 0.350. The van der Waals surface area contributed by atoms with Crippen LogP contribution in [0.1, 0.15) is 36.7 Å². The number of esters is 1. The van der Waals surface area contributed by atoms with E-state index in [1.807, 2.05) is 12.1 Å². The quantitative estimate of drug-likeness (QED) is 0.296. The Bertz CT molecular complexity index is 782. The van der Waals surface area contributed by atoms with Gasteiger partial charge in [-0.2, -0.15) is 0 Å². The molecule has 0 bridgehead atoms. The number of hydrogen-bond acceptors (Lipinski definition) is 4. The Kier molecular flexibility index (Phi) is 7.26. The maximum atomic E-state index is 12.6. The van der Waals surface area contributed by atoms with Crippen LogP contribution in [0.4, 0.5) is 0 Å². The smallest absolute Gasteiger partial charge is 0.343 e. The van der Waals surface area contributed by atoms with E-state index in [0.29, 0.717) is 34.7 Å². The second-order valence-corrected chi connectivity index (χ2v) is 8.54. The zero-order chi connectivity index (χ0) is 19.3. The second-order valence-electron chi connectivity index (χ2n) is 6.77. The maximum absolute atomic E-state index is 12.6. The zero-order valence-electron chi connectivity index (χ0n) is 15.3. The number of hydrogen-bond donors (Lipinski definition) is 0. The number of rotatable bonds is 6. The standard InChI is InChI=1S/C20H22Br2O4/c1-20(2,3)15-12-14(21)6-8-17(15)26-19(23)13-5-7-18(16(22)11-13)25-10-9-24-4/h5-8,11-12H,9-10H2,1-4H3. The summed E-state index contributed by atoms with van der Waals surface area (Å²) in [6.45, 7) is 7.17. The van der Waals surface area contributed by atoms with Crippen molar-refractivity contribution in [3.05, 3.63) is 56.5 Å². The monoisotopic (exact) mass is 484 g/mol. The van der Waals surface area contributed by atoms with Gasteiger partial charge in [0.05, 0.1) is 16.6 Å². The molecule has 0 heterocycles. The predicted molar refractivity (Wildman–Crippen MR) is 109 cm³/mol. The minimum atomic E-state index is -0.415. The molecule has 2 rings (SSSR count). The fourth-order valence-corrected chi connectivity index (χ4v) is 3.17. The number of methoxy groups -OCH3 is 1. The molecule has 4 nitrogen and oxygen atoms in total. The molecular weight excluding hydrogens is 464 g/mol. The van der Waals surface area contributed by atoms with E-state index in [1.54, 1.807) is 31.4 Å². The molecule has 0 atom stereocenters. The summed E-state index contributed by atoms with van der Waals surface area (Å²) in [5.74, 6) is 0.793. The lowest BCUT2D eigenvalue weighted by Gasteiger charge is -2.22. The molecule has 26 heavy (non-hydrogen) atoms. The summed E-state index contributed by atoms with van der Waals surface area (Å²) in [4.78, 5) is 12.6. The number of benzene rings is 2. The van der Waals surface area contributed by atoms with Crippen LogP contribution in [0.2, 0.25) is 0 Å². The SMILES string of the molecule is COCCOc1ccc(C(=O)Oc2ccc(Br)cc2C(C)(C)C)cc1Br. The molecule has 0 unspecified atom stereocenters. The third kappa shape index (κ3) is 5.56. The highest BCUT2D eigenvalue weighted by Crippen LogP contribution is 2.34.